The van der Waals surface area contributed by atoms with Gasteiger partial charge in [0.15, 0.2) is 11.5 Å². The zero-order valence-corrected chi connectivity index (χ0v) is 14.2. The molecule has 0 saturated carbocycles. The van der Waals surface area contributed by atoms with Gasteiger partial charge in [-0.2, -0.15) is 0 Å². The van der Waals surface area contributed by atoms with Gasteiger partial charge in [0.1, 0.15) is 5.60 Å². The standard InChI is InChI=1S/C16H22ClNO5/c1-16(2,3)23-15(20)18-11(12(19)8-17)6-10-4-5-13-14(7-10)22-9-21-13/h4-5,7,11-12,19H,6,8-9H2,1-3H3,(H,18,20)/t11-,12+/m0/s1. The molecule has 0 aromatic heterocycles. The van der Waals surface area contributed by atoms with Crippen LogP contribution in [-0.2, 0) is 11.2 Å². The van der Waals surface area contributed by atoms with E-state index >= 15 is 0 Å². The molecule has 6 nitrogen and oxygen atoms in total. The largest absolute Gasteiger partial charge is 0.454 e. The van der Waals surface area contributed by atoms with Crippen LogP contribution in [0, 0.1) is 0 Å². The number of hydrogen-bond donors (Lipinski definition) is 2. The van der Waals surface area contributed by atoms with Crippen molar-refractivity contribution < 1.29 is 24.1 Å². The number of rotatable bonds is 5. The molecule has 0 unspecified atom stereocenters. The summed E-state index contributed by atoms with van der Waals surface area (Å²) >= 11 is 5.74. The number of alkyl halides is 1. The third-order valence-electron chi connectivity index (χ3n) is 3.22. The lowest BCUT2D eigenvalue weighted by Gasteiger charge is -2.26. The molecule has 0 aliphatic carbocycles. The Morgan fingerprint density at radius 2 is 2.09 bits per heavy atom. The van der Waals surface area contributed by atoms with E-state index < -0.39 is 23.8 Å². The predicted octanol–water partition coefficient (Wildman–Crippen LogP) is 2.45. The lowest BCUT2D eigenvalue weighted by Crippen LogP contribution is -2.47. The number of nitrogens with one attached hydrogen (secondary N) is 1. The first-order chi connectivity index (χ1) is 10.8. The molecular formula is C16H22ClNO5. The molecule has 7 heteroatoms. The van der Waals surface area contributed by atoms with Crippen LogP contribution in [0.2, 0.25) is 0 Å². The highest BCUT2D eigenvalue weighted by molar-refractivity contribution is 6.18. The number of halogens is 1. The number of aliphatic hydroxyl groups is 1. The SMILES string of the molecule is CC(C)(C)OC(=O)N[C@@H](Cc1ccc2c(c1)OCO2)[C@H](O)CCl. The summed E-state index contributed by atoms with van der Waals surface area (Å²) in [5.74, 6) is 1.34. The summed E-state index contributed by atoms with van der Waals surface area (Å²) in [6, 6.07) is 4.92. The topological polar surface area (TPSA) is 77.0 Å². The van der Waals surface area contributed by atoms with Crippen LogP contribution in [0.25, 0.3) is 0 Å². The van der Waals surface area contributed by atoms with E-state index in [2.05, 4.69) is 5.32 Å². The third-order valence-corrected chi connectivity index (χ3v) is 3.53. The summed E-state index contributed by atoms with van der Waals surface area (Å²) in [4.78, 5) is 11.9. The van der Waals surface area contributed by atoms with Crippen LogP contribution < -0.4 is 14.8 Å². The van der Waals surface area contributed by atoms with E-state index in [1.807, 2.05) is 12.1 Å². The molecule has 0 fully saturated rings. The highest BCUT2D eigenvalue weighted by Crippen LogP contribution is 2.32. The summed E-state index contributed by atoms with van der Waals surface area (Å²) in [5, 5.41) is 12.7. The fourth-order valence-electron chi connectivity index (χ4n) is 2.17. The maximum Gasteiger partial charge on any atom is 0.407 e. The van der Waals surface area contributed by atoms with Gasteiger partial charge in [0.2, 0.25) is 6.79 Å². The quantitative estimate of drug-likeness (QED) is 0.803. The second-order valence-electron chi connectivity index (χ2n) is 6.37. The Morgan fingerprint density at radius 3 is 2.74 bits per heavy atom. The van der Waals surface area contributed by atoms with Crippen LogP contribution in [0.5, 0.6) is 11.5 Å². The van der Waals surface area contributed by atoms with Gasteiger partial charge in [-0.1, -0.05) is 6.07 Å². The second kappa shape index (κ2) is 7.27. The molecule has 0 spiro atoms. The van der Waals surface area contributed by atoms with Crippen molar-refractivity contribution in [3.8, 4) is 11.5 Å². The summed E-state index contributed by atoms with van der Waals surface area (Å²) in [6.07, 6.45) is -1.09. The van der Waals surface area contributed by atoms with E-state index in [0.29, 0.717) is 17.9 Å². The molecule has 2 N–H and O–H groups in total. The molecule has 0 radical (unpaired) electrons. The van der Waals surface area contributed by atoms with Crippen molar-refractivity contribution in [2.24, 2.45) is 0 Å². The maximum absolute atomic E-state index is 11.9. The highest BCUT2D eigenvalue weighted by Gasteiger charge is 2.25. The van der Waals surface area contributed by atoms with Crippen molar-refractivity contribution in [3.05, 3.63) is 23.8 Å². The van der Waals surface area contributed by atoms with Gasteiger partial charge in [-0.15, -0.1) is 11.6 Å². The molecule has 23 heavy (non-hydrogen) atoms. The molecule has 0 bridgehead atoms. The molecule has 1 amide bonds. The van der Waals surface area contributed by atoms with Crippen LogP contribution >= 0.6 is 11.6 Å². The molecule has 1 heterocycles. The highest BCUT2D eigenvalue weighted by atomic mass is 35.5. The Morgan fingerprint density at radius 1 is 1.39 bits per heavy atom. The zero-order chi connectivity index (χ0) is 17.0. The average molecular weight is 344 g/mol. The van der Waals surface area contributed by atoms with Crippen LogP contribution in [0.15, 0.2) is 18.2 Å². The average Bonchev–Trinajstić information content (AvgIpc) is 2.91. The number of amides is 1. The molecule has 1 aliphatic heterocycles. The Balaban J connectivity index is 2.05. The van der Waals surface area contributed by atoms with Gasteiger partial charge in [0.25, 0.3) is 0 Å². The van der Waals surface area contributed by atoms with Crippen molar-refractivity contribution in [2.45, 2.75) is 44.9 Å². The minimum atomic E-state index is -0.894. The van der Waals surface area contributed by atoms with Crippen LogP contribution in [0.4, 0.5) is 4.79 Å². The van der Waals surface area contributed by atoms with Gasteiger partial charge in [-0.05, 0) is 44.9 Å². The van der Waals surface area contributed by atoms with Gasteiger partial charge < -0.3 is 24.6 Å². The van der Waals surface area contributed by atoms with Gasteiger partial charge in [-0.3, -0.25) is 0 Å². The van der Waals surface area contributed by atoms with Crippen molar-refractivity contribution in [2.75, 3.05) is 12.7 Å². The minimum Gasteiger partial charge on any atom is -0.454 e. The number of carbonyl (C=O) groups is 1. The monoisotopic (exact) mass is 343 g/mol. The van der Waals surface area contributed by atoms with Crippen molar-refractivity contribution in [1.82, 2.24) is 5.32 Å². The third kappa shape index (κ3) is 5.18. The summed E-state index contributed by atoms with van der Waals surface area (Å²) < 4.78 is 15.8. The molecule has 2 atom stereocenters. The Labute approximate surface area is 140 Å². The van der Waals surface area contributed by atoms with Crippen LogP contribution in [-0.4, -0.2) is 41.6 Å². The molecular weight excluding hydrogens is 322 g/mol. The fraction of sp³-hybridized carbons (Fsp3) is 0.562. The molecule has 128 valence electrons. The summed E-state index contributed by atoms with van der Waals surface area (Å²) in [7, 11) is 0. The first kappa shape index (κ1) is 17.7. The Kier molecular flexibility index (Phi) is 5.59. The summed E-state index contributed by atoms with van der Waals surface area (Å²) in [6.45, 7) is 5.52. The molecule has 0 saturated heterocycles. The Bertz CT molecular complexity index is 558. The number of ether oxygens (including phenoxy) is 3. The van der Waals surface area contributed by atoms with Gasteiger partial charge >= 0.3 is 6.09 Å². The lowest BCUT2D eigenvalue weighted by molar-refractivity contribution is 0.0440. The van der Waals surface area contributed by atoms with Crippen LogP contribution in [0.1, 0.15) is 26.3 Å². The number of hydrogen-bond acceptors (Lipinski definition) is 5. The molecule has 1 aromatic rings. The predicted molar refractivity (Wildman–Crippen MR) is 86.2 cm³/mol. The van der Waals surface area contributed by atoms with E-state index in [-0.39, 0.29) is 12.7 Å². The van der Waals surface area contributed by atoms with E-state index in [4.69, 9.17) is 25.8 Å². The van der Waals surface area contributed by atoms with E-state index in [1.54, 1.807) is 26.8 Å². The number of aliphatic hydroxyl groups excluding tert-OH is 1. The molecule has 1 aromatic carbocycles. The van der Waals surface area contributed by atoms with E-state index in [9.17, 15) is 9.90 Å². The number of carbonyl (C=O) groups excluding carboxylic acids is 1. The lowest BCUT2D eigenvalue weighted by atomic mass is 10.0. The van der Waals surface area contributed by atoms with Crippen molar-refractivity contribution in [3.63, 3.8) is 0 Å². The molecule has 2 rings (SSSR count). The zero-order valence-electron chi connectivity index (χ0n) is 13.5. The molecule has 1 aliphatic rings. The number of alkyl carbamates (subject to hydrolysis) is 1. The van der Waals surface area contributed by atoms with Gasteiger partial charge in [0.05, 0.1) is 18.0 Å². The fourth-order valence-corrected chi connectivity index (χ4v) is 2.39. The normalized spacial score (nSPS) is 15.9. The van der Waals surface area contributed by atoms with Crippen molar-refractivity contribution >= 4 is 17.7 Å². The number of fused-ring (bicyclic) bond motifs is 1. The first-order valence-electron chi connectivity index (χ1n) is 7.40. The maximum atomic E-state index is 11.9. The second-order valence-corrected chi connectivity index (χ2v) is 6.67. The minimum absolute atomic E-state index is 0.00498. The van der Waals surface area contributed by atoms with E-state index in [0.717, 1.165) is 5.56 Å². The van der Waals surface area contributed by atoms with Gasteiger partial charge in [-0.25, -0.2) is 4.79 Å². The van der Waals surface area contributed by atoms with Crippen LogP contribution in [0.3, 0.4) is 0 Å². The van der Waals surface area contributed by atoms with Gasteiger partial charge in [0, 0.05) is 0 Å². The Hall–Kier alpha value is -1.66. The van der Waals surface area contributed by atoms with E-state index in [1.165, 1.54) is 0 Å². The number of benzene rings is 1. The summed E-state index contributed by atoms with van der Waals surface area (Å²) in [5.41, 5.74) is 0.277. The smallest absolute Gasteiger partial charge is 0.407 e. The first-order valence-corrected chi connectivity index (χ1v) is 7.94. The van der Waals surface area contributed by atoms with Crippen molar-refractivity contribution in [1.29, 1.82) is 0 Å².